The molecule has 0 bridgehead atoms. The van der Waals surface area contributed by atoms with E-state index in [9.17, 15) is 23.2 Å². The summed E-state index contributed by atoms with van der Waals surface area (Å²) in [5.41, 5.74) is 1.06. The number of hydrogen-bond acceptors (Lipinski definition) is 4. The van der Waals surface area contributed by atoms with Crippen LogP contribution >= 0.6 is 11.6 Å². The Balaban J connectivity index is 1.85. The number of alkyl halides is 3. The fourth-order valence-corrected chi connectivity index (χ4v) is 4.21. The molecule has 2 aromatic carbocycles. The number of aromatic nitrogens is 1. The van der Waals surface area contributed by atoms with E-state index >= 15 is 0 Å². The van der Waals surface area contributed by atoms with Gasteiger partial charge in [0, 0.05) is 29.2 Å². The first-order valence-electron chi connectivity index (χ1n) is 12.1. The Kier molecular flexibility index (Phi) is 9.05. The van der Waals surface area contributed by atoms with Gasteiger partial charge in [-0.2, -0.15) is 18.4 Å². The van der Waals surface area contributed by atoms with Crippen LogP contribution in [0.1, 0.15) is 60.9 Å². The minimum atomic E-state index is -4.52. The largest absolute Gasteiger partial charge is 0.461 e. The van der Waals surface area contributed by atoms with Crippen LogP contribution in [0, 0.1) is 18.3 Å². The molecule has 1 heterocycles. The smallest absolute Gasteiger partial charge is 0.417 e. The van der Waals surface area contributed by atoms with Crippen LogP contribution in [0.5, 0.6) is 5.88 Å². The first kappa shape index (κ1) is 29.0. The maximum absolute atomic E-state index is 13.4. The highest BCUT2D eigenvalue weighted by Gasteiger charge is 2.37. The van der Waals surface area contributed by atoms with Gasteiger partial charge < -0.3 is 10.1 Å². The van der Waals surface area contributed by atoms with Crippen LogP contribution in [0.25, 0.3) is 0 Å². The van der Waals surface area contributed by atoms with E-state index in [1.165, 1.54) is 0 Å². The molecule has 0 fully saturated rings. The highest BCUT2D eigenvalue weighted by Crippen LogP contribution is 2.31. The Bertz CT molecular complexity index is 1320. The van der Waals surface area contributed by atoms with E-state index in [1.807, 2.05) is 38.1 Å². The van der Waals surface area contributed by atoms with Crippen molar-refractivity contribution in [1.82, 2.24) is 10.3 Å². The fraction of sp³-hybridized carbons (Fsp3) is 0.345. The number of amides is 1. The van der Waals surface area contributed by atoms with E-state index in [0.717, 1.165) is 28.8 Å². The number of benzene rings is 2. The zero-order chi connectivity index (χ0) is 28.1. The maximum atomic E-state index is 13.4. The Morgan fingerprint density at radius 1 is 1.18 bits per heavy atom. The molecule has 38 heavy (non-hydrogen) atoms. The van der Waals surface area contributed by atoms with Crippen LogP contribution in [0.15, 0.2) is 60.8 Å². The predicted octanol–water partition coefficient (Wildman–Crippen LogP) is 7.01. The van der Waals surface area contributed by atoms with E-state index in [2.05, 4.69) is 16.4 Å². The molecule has 2 unspecified atom stereocenters. The van der Waals surface area contributed by atoms with Crippen molar-refractivity contribution in [2.45, 2.75) is 64.3 Å². The summed E-state index contributed by atoms with van der Waals surface area (Å²) in [5.74, 6) is -0.707. The number of hydrogen-bond donors (Lipinski definition) is 1. The van der Waals surface area contributed by atoms with Gasteiger partial charge in [-0.15, -0.1) is 0 Å². The number of carbonyl (C=O) groups excluding carboxylic acids is 1. The van der Waals surface area contributed by atoms with Crippen molar-refractivity contribution in [3.05, 3.63) is 93.6 Å². The Hall–Kier alpha value is -3.57. The van der Waals surface area contributed by atoms with Crippen LogP contribution in [-0.4, -0.2) is 22.5 Å². The molecule has 3 aromatic rings. The lowest BCUT2D eigenvalue weighted by Gasteiger charge is -2.32. The average molecular weight is 544 g/mol. The number of halogens is 4. The van der Waals surface area contributed by atoms with Crippen LogP contribution in [-0.2, 0) is 17.4 Å². The number of nitriles is 1. The second kappa shape index (κ2) is 11.9. The lowest BCUT2D eigenvalue weighted by molar-refractivity contribution is -0.139. The van der Waals surface area contributed by atoms with Gasteiger partial charge in [0.1, 0.15) is 0 Å². The number of aryl methyl sites for hydroxylation is 1. The van der Waals surface area contributed by atoms with Gasteiger partial charge in [-0.1, -0.05) is 42.8 Å². The van der Waals surface area contributed by atoms with Crippen LogP contribution in [0.3, 0.4) is 0 Å². The third kappa shape index (κ3) is 7.05. The summed E-state index contributed by atoms with van der Waals surface area (Å²) in [6.07, 6.45) is -3.02. The predicted molar refractivity (Wildman–Crippen MR) is 140 cm³/mol. The summed E-state index contributed by atoms with van der Waals surface area (Å²) in [7, 11) is 0. The van der Waals surface area contributed by atoms with Crippen molar-refractivity contribution >= 4 is 17.5 Å². The van der Waals surface area contributed by atoms with Crippen molar-refractivity contribution in [3.63, 3.8) is 0 Å². The third-order valence-electron chi connectivity index (χ3n) is 6.63. The molecule has 0 spiro atoms. The zero-order valence-corrected chi connectivity index (χ0v) is 22.3. The van der Waals surface area contributed by atoms with E-state index in [-0.39, 0.29) is 24.3 Å². The van der Waals surface area contributed by atoms with Crippen LogP contribution in [0.2, 0.25) is 5.02 Å². The second-order valence-electron chi connectivity index (χ2n) is 9.46. The number of rotatable bonds is 9. The molecule has 0 saturated carbocycles. The number of ether oxygens (including phenoxy) is 1. The van der Waals surface area contributed by atoms with Crippen LogP contribution in [0.4, 0.5) is 13.2 Å². The fourth-order valence-electron chi connectivity index (χ4n) is 4.09. The molecule has 0 aliphatic rings. The summed E-state index contributed by atoms with van der Waals surface area (Å²) in [5, 5.41) is 13.1. The first-order chi connectivity index (χ1) is 17.9. The van der Waals surface area contributed by atoms with Crippen LogP contribution < -0.4 is 10.1 Å². The second-order valence-corrected chi connectivity index (χ2v) is 9.87. The van der Waals surface area contributed by atoms with E-state index in [4.69, 9.17) is 16.3 Å². The first-order valence-corrected chi connectivity index (χ1v) is 12.5. The minimum Gasteiger partial charge on any atom is -0.461 e. The van der Waals surface area contributed by atoms with E-state index in [0.29, 0.717) is 23.2 Å². The summed E-state index contributed by atoms with van der Waals surface area (Å²) in [6.45, 7) is 7.11. The molecule has 1 aromatic heterocycles. The number of nitrogens with zero attached hydrogens (tertiary/aromatic N) is 2. The van der Waals surface area contributed by atoms with E-state index in [1.54, 1.807) is 32.0 Å². The molecule has 3 atom stereocenters. The van der Waals surface area contributed by atoms with Crippen molar-refractivity contribution < 1.29 is 22.7 Å². The minimum absolute atomic E-state index is 0.0833. The molecule has 0 saturated heterocycles. The molecule has 1 N–H and O–H groups in total. The number of carbonyl (C=O) groups is 1. The molecule has 1 amide bonds. The van der Waals surface area contributed by atoms with Gasteiger partial charge in [-0.05, 0) is 74.6 Å². The molecule has 5 nitrogen and oxygen atoms in total. The van der Waals surface area contributed by atoms with Crippen molar-refractivity contribution in [3.8, 4) is 11.9 Å². The Morgan fingerprint density at radius 3 is 2.50 bits per heavy atom. The van der Waals surface area contributed by atoms with Gasteiger partial charge >= 0.3 is 6.18 Å². The molecule has 0 aliphatic carbocycles. The topological polar surface area (TPSA) is 75.0 Å². The van der Waals surface area contributed by atoms with Gasteiger partial charge in [-0.25, -0.2) is 4.98 Å². The molecule has 3 rings (SSSR count). The molecule has 0 radical (unpaired) electrons. The lowest BCUT2D eigenvalue weighted by Crippen LogP contribution is -2.52. The Labute approximate surface area is 225 Å². The Morgan fingerprint density at radius 2 is 1.92 bits per heavy atom. The van der Waals surface area contributed by atoms with Gasteiger partial charge in [0.15, 0.2) is 5.60 Å². The summed E-state index contributed by atoms with van der Waals surface area (Å²) >= 11 is 6.20. The van der Waals surface area contributed by atoms with Gasteiger partial charge in [0.25, 0.3) is 5.91 Å². The molecular formula is C29H29ClF3N3O2. The quantitative estimate of drug-likeness (QED) is 0.315. The van der Waals surface area contributed by atoms with Gasteiger partial charge in [-0.3, -0.25) is 4.79 Å². The maximum Gasteiger partial charge on any atom is 0.417 e. The highest BCUT2D eigenvalue weighted by molar-refractivity contribution is 6.31. The normalized spacial score (nSPS) is 14.6. The summed E-state index contributed by atoms with van der Waals surface area (Å²) in [6, 6.07) is 16.7. The molecule has 200 valence electrons. The standard InChI is InChI=1S/C29H29ClF3N3O2/c1-5-28(4,38-26-12-10-23(17-35-26)29(31,32)33)27(37)36-19(3)24(22-8-6-7-21(14-22)16-34)15-20-9-11-25(30)18(2)13-20/h6-14,17,19,24H,5,15H2,1-4H3,(H,36,37)/t19-,24?,28?/m0/s1. The highest BCUT2D eigenvalue weighted by atomic mass is 35.5. The van der Waals surface area contributed by atoms with Gasteiger partial charge in [0.2, 0.25) is 5.88 Å². The van der Waals surface area contributed by atoms with Gasteiger partial charge in [0.05, 0.1) is 17.2 Å². The molecule has 0 aliphatic heterocycles. The van der Waals surface area contributed by atoms with Crippen molar-refractivity contribution in [2.24, 2.45) is 0 Å². The summed E-state index contributed by atoms with van der Waals surface area (Å²) < 4.78 is 44.5. The number of nitrogens with one attached hydrogen (secondary N) is 1. The third-order valence-corrected chi connectivity index (χ3v) is 7.06. The SMILES string of the molecule is CCC(C)(Oc1ccc(C(F)(F)F)cn1)C(=O)N[C@@H](C)C(Cc1ccc(Cl)c(C)c1)c1cccc(C#N)c1. The summed E-state index contributed by atoms with van der Waals surface area (Å²) in [4.78, 5) is 17.2. The average Bonchev–Trinajstić information content (AvgIpc) is 2.88. The molecule has 9 heteroatoms. The van der Waals surface area contributed by atoms with E-state index < -0.39 is 23.2 Å². The zero-order valence-electron chi connectivity index (χ0n) is 21.6. The number of pyridine rings is 1. The van der Waals surface area contributed by atoms with Crippen molar-refractivity contribution in [2.75, 3.05) is 0 Å². The monoisotopic (exact) mass is 543 g/mol. The van der Waals surface area contributed by atoms with Crippen molar-refractivity contribution in [1.29, 1.82) is 5.26 Å². The molecular weight excluding hydrogens is 515 g/mol. The lowest BCUT2D eigenvalue weighted by atomic mass is 9.85.